The van der Waals surface area contributed by atoms with Gasteiger partial charge in [0.2, 0.25) is 5.91 Å². The first-order chi connectivity index (χ1) is 13.5. The zero-order valence-corrected chi connectivity index (χ0v) is 16.3. The predicted molar refractivity (Wildman–Crippen MR) is 105 cm³/mol. The maximum absolute atomic E-state index is 13.2. The number of amides is 2. The zero-order chi connectivity index (χ0) is 19.7. The number of aromatic nitrogens is 2. The van der Waals surface area contributed by atoms with E-state index < -0.39 is 0 Å². The lowest BCUT2D eigenvalue weighted by atomic mass is 9.78. The molecule has 7 heteroatoms. The number of hydrogen-bond acceptors (Lipinski definition) is 4. The number of nitrogens with one attached hydrogen (secondary N) is 2. The Hall–Kier alpha value is -2.67. The van der Waals surface area contributed by atoms with Crippen LogP contribution in [0.4, 0.5) is 0 Å². The first-order valence-corrected chi connectivity index (χ1v) is 9.76. The number of methoxy groups -OCH3 is 1. The van der Waals surface area contributed by atoms with Crippen LogP contribution in [0.3, 0.4) is 0 Å². The summed E-state index contributed by atoms with van der Waals surface area (Å²) in [5.74, 6) is -0.103. The third-order valence-electron chi connectivity index (χ3n) is 6.14. The number of hydrogen-bond donors (Lipinski definition) is 2. The molecule has 2 fully saturated rings. The molecule has 1 aliphatic heterocycles. The summed E-state index contributed by atoms with van der Waals surface area (Å²) in [5.41, 5.74) is 1.87. The molecule has 28 heavy (non-hydrogen) atoms. The zero-order valence-electron chi connectivity index (χ0n) is 16.3. The second-order valence-corrected chi connectivity index (χ2v) is 7.74. The van der Waals surface area contributed by atoms with Gasteiger partial charge in [0.05, 0.1) is 17.3 Å². The highest BCUT2D eigenvalue weighted by Gasteiger charge is 2.52. The van der Waals surface area contributed by atoms with Crippen LogP contribution in [0.15, 0.2) is 36.4 Å². The summed E-state index contributed by atoms with van der Waals surface area (Å²) < 4.78 is 5.91. The van der Waals surface area contributed by atoms with Gasteiger partial charge in [-0.25, -0.2) is 0 Å². The molecule has 1 aliphatic carbocycles. The number of aromatic amines is 1. The Morgan fingerprint density at radius 1 is 1.29 bits per heavy atom. The lowest BCUT2D eigenvalue weighted by Gasteiger charge is -2.43. The normalized spacial score (nSPS) is 26.7. The van der Waals surface area contributed by atoms with Gasteiger partial charge in [-0.1, -0.05) is 30.3 Å². The Bertz CT molecular complexity index is 866. The highest BCUT2D eigenvalue weighted by atomic mass is 16.5. The standard InChI is InChI=1S/C21H26N4O3/c1-14(26)22-16-8-9-21(28-2)10-11-25(19(21)12-16)20(27)18-13-17(23-24-18)15-6-4-3-5-7-15/h3-7,13,16,19H,8-12H2,1-2H3,(H,22,26)(H,23,24)/t16-,19+,21-/m1/s1. The third-order valence-corrected chi connectivity index (χ3v) is 6.14. The van der Waals surface area contributed by atoms with E-state index >= 15 is 0 Å². The van der Waals surface area contributed by atoms with E-state index in [1.807, 2.05) is 35.2 Å². The fourth-order valence-electron chi connectivity index (χ4n) is 4.70. The average Bonchev–Trinajstić information content (AvgIpc) is 3.33. The third kappa shape index (κ3) is 3.30. The SMILES string of the molecule is CO[C@@]12CC[C@@H](NC(C)=O)C[C@@H]1N(C(=O)c1cc(-c3ccccc3)n[nH]1)CC2. The van der Waals surface area contributed by atoms with Gasteiger partial charge in [-0.05, 0) is 31.7 Å². The maximum atomic E-state index is 13.2. The molecule has 3 atom stereocenters. The Kier molecular flexibility index (Phi) is 4.93. The van der Waals surface area contributed by atoms with Crippen molar-refractivity contribution in [2.45, 2.75) is 50.3 Å². The Morgan fingerprint density at radius 2 is 2.07 bits per heavy atom. The van der Waals surface area contributed by atoms with Crippen molar-refractivity contribution in [3.8, 4) is 11.3 Å². The molecule has 0 bridgehead atoms. The van der Waals surface area contributed by atoms with Crippen molar-refractivity contribution in [2.75, 3.05) is 13.7 Å². The van der Waals surface area contributed by atoms with Gasteiger partial charge in [-0.3, -0.25) is 14.7 Å². The quantitative estimate of drug-likeness (QED) is 0.850. The van der Waals surface area contributed by atoms with E-state index in [0.717, 1.165) is 30.5 Å². The number of ether oxygens (including phenoxy) is 1. The van der Waals surface area contributed by atoms with E-state index in [1.165, 1.54) is 6.92 Å². The summed E-state index contributed by atoms with van der Waals surface area (Å²) in [6, 6.07) is 11.6. The summed E-state index contributed by atoms with van der Waals surface area (Å²) in [6.07, 6.45) is 3.22. The van der Waals surface area contributed by atoms with Gasteiger partial charge in [0.1, 0.15) is 5.69 Å². The summed E-state index contributed by atoms with van der Waals surface area (Å²) in [6.45, 7) is 2.18. The summed E-state index contributed by atoms with van der Waals surface area (Å²) in [7, 11) is 1.73. The molecule has 0 unspecified atom stereocenters. The molecule has 2 aromatic rings. The van der Waals surface area contributed by atoms with Crippen LogP contribution in [0.2, 0.25) is 0 Å². The summed E-state index contributed by atoms with van der Waals surface area (Å²) in [4.78, 5) is 26.6. The predicted octanol–water partition coefficient (Wildman–Crippen LogP) is 2.36. The van der Waals surface area contributed by atoms with Crippen LogP contribution < -0.4 is 5.32 Å². The molecule has 2 amide bonds. The van der Waals surface area contributed by atoms with Crippen LogP contribution in [-0.4, -0.2) is 58.3 Å². The van der Waals surface area contributed by atoms with Crippen molar-refractivity contribution in [3.05, 3.63) is 42.1 Å². The van der Waals surface area contributed by atoms with Crippen molar-refractivity contribution in [2.24, 2.45) is 0 Å². The highest BCUT2D eigenvalue weighted by molar-refractivity contribution is 5.94. The lowest BCUT2D eigenvalue weighted by molar-refractivity contribution is -0.121. The topological polar surface area (TPSA) is 87.3 Å². The van der Waals surface area contributed by atoms with Crippen LogP contribution in [-0.2, 0) is 9.53 Å². The van der Waals surface area contributed by atoms with E-state index in [0.29, 0.717) is 18.7 Å². The first-order valence-electron chi connectivity index (χ1n) is 9.76. The van der Waals surface area contributed by atoms with Gasteiger partial charge < -0.3 is 15.0 Å². The molecule has 7 nitrogen and oxygen atoms in total. The smallest absolute Gasteiger partial charge is 0.272 e. The Labute approximate surface area is 164 Å². The van der Waals surface area contributed by atoms with Crippen LogP contribution in [0.1, 0.15) is 43.1 Å². The number of carbonyl (C=O) groups is 2. The van der Waals surface area contributed by atoms with Crippen molar-refractivity contribution in [1.82, 2.24) is 20.4 Å². The van der Waals surface area contributed by atoms with E-state index in [-0.39, 0.29) is 29.5 Å². The van der Waals surface area contributed by atoms with Gasteiger partial charge >= 0.3 is 0 Å². The fourth-order valence-corrected chi connectivity index (χ4v) is 4.70. The molecule has 0 radical (unpaired) electrons. The van der Waals surface area contributed by atoms with Crippen molar-refractivity contribution in [3.63, 3.8) is 0 Å². The second-order valence-electron chi connectivity index (χ2n) is 7.74. The van der Waals surface area contributed by atoms with Crippen molar-refractivity contribution >= 4 is 11.8 Å². The fraction of sp³-hybridized carbons (Fsp3) is 0.476. The second kappa shape index (κ2) is 7.39. The van der Waals surface area contributed by atoms with Crippen LogP contribution in [0, 0.1) is 0 Å². The first kappa shape index (κ1) is 18.7. The molecule has 4 rings (SSSR count). The minimum atomic E-state index is -0.326. The molecule has 1 saturated heterocycles. The number of nitrogens with zero attached hydrogens (tertiary/aromatic N) is 2. The molecule has 148 valence electrons. The maximum Gasteiger partial charge on any atom is 0.272 e. The van der Waals surface area contributed by atoms with Gasteiger partial charge in [-0.15, -0.1) is 0 Å². The molecule has 0 spiro atoms. The number of benzene rings is 1. The van der Waals surface area contributed by atoms with E-state index in [4.69, 9.17) is 4.74 Å². The monoisotopic (exact) mass is 382 g/mol. The number of carbonyl (C=O) groups excluding carboxylic acids is 2. The summed E-state index contributed by atoms with van der Waals surface area (Å²) in [5, 5.41) is 10.2. The molecule has 2 heterocycles. The Balaban J connectivity index is 1.55. The van der Waals surface area contributed by atoms with Gasteiger partial charge in [0, 0.05) is 32.2 Å². The molecule has 1 aromatic carbocycles. The van der Waals surface area contributed by atoms with Gasteiger partial charge in [0.25, 0.3) is 5.91 Å². The lowest BCUT2D eigenvalue weighted by Crippen LogP contribution is -2.55. The largest absolute Gasteiger partial charge is 0.376 e. The Morgan fingerprint density at radius 3 is 2.79 bits per heavy atom. The van der Waals surface area contributed by atoms with Crippen LogP contribution in [0.25, 0.3) is 11.3 Å². The number of likely N-dealkylation sites (tertiary alicyclic amines) is 1. The van der Waals surface area contributed by atoms with Crippen LogP contribution >= 0.6 is 0 Å². The minimum Gasteiger partial charge on any atom is -0.376 e. The van der Waals surface area contributed by atoms with E-state index in [1.54, 1.807) is 13.2 Å². The van der Waals surface area contributed by atoms with Gasteiger partial charge in [-0.2, -0.15) is 5.10 Å². The van der Waals surface area contributed by atoms with E-state index in [9.17, 15) is 9.59 Å². The van der Waals surface area contributed by atoms with E-state index in [2.05, 4.69) is 15.5 Å². The molecule has 1 saturated carbocycles. The molecular weight excluding hydrogens is 356 g/mol. The number of rotatable bonds is 4. The van der Waals surface area contributed by atoms with Crippen LogP contribution in [0.5, 0.6) is 0 Å². The van der Waals surface area contributed by atoms with Gasteiger partial charge in [0.15, 0.2) is 0 Å². The minimum absolute atomic E-state index is 0.0353. The number of H-pyrrole nitrogens is 1. The van der Waals surface area contributed by atoms with Crippen molar-refractivity contribution in [1.29, 1.82) is 0 Å². The molecule has 1 aromatic heterocycles. The molecule has 2 N–H and O–H groups in total. The molecule has 2 aliphatic rings. The average molecular weight is 382 g/mol. The highest BCUT2D eigenvalue weighted by Crippen LogP contribution is 2.43. The summed E-state index contributed by atoms with van der Waals surface area (Å²) >= 11 is 0. The number of fused-ring (bicyclic) bond motifs is 1. The molecular formula is C21H26N4O3. The van der Waals surface area contributed by atoms with Crippen molar-refractivity contribution < 1.29 is 14.3 Å².